The third kappa shape index (κ3) is 20.7. The minimum absolute atomic E-state index is 0.0982. The van der Waals surface area contributed by atoms with E-state index in [0.717, 1.165) is 13.8 Å². The number of fused-ring (bicyclic) bond motifs is 1. The second kappa shape index (κ2) is 33.0. The number of hydrazine groups is 1. The lowest BCUT2D eigenvalue weighted by Gasteiger charge is -2.29. The van der Waals surface area contributed by atoms with Crippen LogP contribution in [0.15, 0.2) is 73.3 Å². The first kappa shape index (κ1) is 67.9. The number of carbonyl (C=O) groups is 11. The van der Waals surface area contributed by atoms with Crippen LogP contribution in [-0.2, 0) is 72.0 Å². The van der Waals surface area contributed by atoms with Crippen molar-refractivity contribution < 1.29 is 73.2 Å². The number of rotatable bonds is 17. The van der Waals surface area contributed by atoms with E-state index in [1.54, 1.807) is 74.6 Å². The maximum absolute atomic E-state index is 14.6. The number of nitrogens with one attached hydrogen (secondary N) is 13. The molecule has 19 N–H and O–H groups in total. The molecule has 12 atom stereocenters. The van der Waals surface area contributed by atoms with E-state index in [2.05, 4.69) is 73.7 Å². The molecule has 0 unspecified atom stereocenters. The number of aliphatic carboxylic acids is 1. The third-order valence-electron chi connectivity index (χ3n) is 13.9. The number of para-hydroxylation sites is 1. The van der Waals surface area contributed by atoms with E-state index >= 15 is 0 Å². The summed E-state index contributed by atoms with van der Waals surface area (Å²) in [6.07, 6.45) is -2.16. The standard InChI is InChI=1S/C56H79N15O15/c1-28(2)19-38-50(80)64-42(23-44(76)77)53(83)71-70-37(17-11-12-18-57)49(79)67-47(31(5)74)56(86)69-46(30(4)73)55(85)66-41(22-34-25-58-27-61-34)51(81)63-40(21-33-24-59-36-16-10-9-15-35(33)36)48(78)60-26-43(75)62-39(20-32-13-7-6-8-14-32)52(82)68-45(29(3)72)54(84)65-38/h6-10,13-16,24-25,27-31,37-42,45-47,59,70,72-74H,11-12,17-23,26,57H2,1-5H3,(H,58,61)(H,60,78)(H,62,75)(H,63,81)(H,64,80)(H,65,84)(H,66,85)(H,67,79)(H,68,82)(H,69,86)(H,71,83)(H,76,77)/t29-,30-,31-,37+,38+,39+,40+,41+,42+,45+,46+,47+/m1/s1. The van der Waals surface area contributed by atoms with Gasteiger partial charge in [0.1, 0.15) is 54.4 Å². The maximum atomic E-state index is 14.6. The fourth-order valence-electron chi connectivity index (χ4n) is 9.28. The fourth-order valence-corrected chi connectivity index (χ4v) is 9.28. The number of aliphatic hydroxyl groups is 3. The predicted molar refractivity (Wildman–Crippen MR) is 308 cm³/mol. The molecule has 2 aromatic heterocycles. The van der Waals surface area contributed by atoms with Crippen LogP contribution in [0.3, 0.4) is 0 Å². The molecule has 0 aliphatic carbocycles. The number of hydrogen-bond acceptors (Lipinski definition) is 17. The fraction of sp³-hybridized carbons (Fsp3) is 0.500. The number of hydrogen-bond donors (Lipinski definition) is 18. The number of benzene rings is 2. The maximum Gasteiger partial charge on any atom is 0.305 e. The minimum Gasteiger partial charge on any atom is -0.481 e. The van der Waals surface area contributed by atoms with Crippen LogP contribution in [0.5, 0.6) is 0 Å². The Bertz CT molecular complexity index is 2970. The highest BCUT2D eigenvalue weighted by Gasteiger charge is 2.38. The van der Waals surface area contributed by atoms with Gasteiger partial charge in [-0.15, -0.1) is 0 Å². The number of aromatic amines is 2. The van der Waals surface area contributed by atoms with Crippen LogP contribution in [0.4, 0.5) is 0 Å². The number of imidazole rings is 1. The van der Waals surface area contributed by atoms with Crippen molar-refractivity contribution in [3.63, 3.8) is 0 Å². The normalized spacial score (nSPS) is 24.6. The Labute approximate surface area is 494 Å². The molecule has 0 saturated carbocycles. The second-order valence-electron chi connectivity index (χ2n) is 21.5. The zero-order chi connectivity index (χ0) is 63.2. The van der Waals surface area contributed by atoms with Crippen LogP contribution < -0.4 is 64.4 Å². The Hall–Kier alpha value is -8.84. The van der Waals surface area contributed by atoms with Gasteiger partial charge in [-0.05, 0) is 69.7 Å². The van der Waals surface area contributed by atoms with E-state index < -0.39 is 151 Å². The molecule has 4 aromatic rings. The first-order valence-electron chi connectivity index (χ1n) is 28.1. The SMILES string of the molecule is CC(C)C[C@@H]1NC(=O)[C@H]([C@@H](C)O)NC(=O)[C@H](Cc2ccccc2)NC(=O)CNC(=O)[C@H](Cc2c[nH]c3ccccc23)NC(=O)[C@H](Cc2cnc[nH]2)NC(=O)[C@H]([C@@H](C)O)NC(=O)[C@H]([C@@H](C)O)NC(=O)[C@H](CCCCN)NNC(=O)[C@H](CC(=O)O)NC1=O. The number of aromatic nitrogens is 3. The summed E-state index contributed by atoms with van der Waals surface area (Å²) in [6.45, 7) is 6.18. The lowest BCUT2D eigenvalue weighted by Crippen LogP contribution is -2.64. The number of H-pyrrole nitrogens is 2. The molecule has 1 aliphatic rings. The quantitative estimate of drug-likeness (QED) is 0.0445. The Morgan fingerprint density at radius 1 is 0.570 bits per heavy atom. The zero-order valence-corrected chi connectivity index (χ0v) is 48.3. The highest BCUT2D eigenvalue weighted by atomic mass is 16.4. The number of aliphatic hydroxyl groups excluding tert-OH is 3. The Morgan fingerprint density at radius 3 is 1.69 bits per heavy atom. The number of carboxylic acid groups (broad SMARTS) is 1. The van der Waals surface area contributed by atoms with Gasteiger partial charge in [-0.3, -0.25) is 58.2 Å². The number of carboxylic acids is 1. The van der Waals surface area contributed by atoms with Crippen molar-refractivity contribution in [2.75, 3.05) is 13.1 Å². The van der Waals surface area contributed by atoms with Crippen molar-refractivity contribution in [1.82, 2.24) is 73.7 Å². The van der Waals surface area contributed by atoms with E-state index in [0.29, 0.717) is 34.1 Å². The van der Waals surface area contributed by atoms with E-state index in [4.69, 9.17) is 5.73 Å². The van der Waals surface area contributed by atoms with Crippen LogP contribution in [0, 0.1) is 5.92 Å². The van der Waals surface area contributed by atoms with Gasteiger partial charge in [-0.25, -0.2) is 10.4 Å². The molecule has 2 aromatic carbocycles. The van der Waals surface area contributed by atoms with Gasteiger partial charge in [0.05, 0.1) is 37.6 Å². The molecule has 1 aliphatic heterocycles. The predicted octanol–water partition coefficient (Wildman–Crippen LogP) is -4.29. The van der Waals surface area contributed by atoms with Crippen LogP contribution in [-0.4, -0.2) is 186 Å². The van der Waals surface area contributed by atoms with Gasteiger partial charge >= 0.3 is 5.97 Å². The first-order valence-corrected chi connectivity index (χ1v) is 28.1. The first-order chi connectivity index (χ1) is 40.8. The van der Waals surface area contributed by atoms with Gasteiger partial charge < -0.3 is 84.0 Å². The molecule has 3 heterocycles. The van der Waals surface area contributed by atoms with Gasteiger partial charge in [-0.1, -0.05) is 68.8 Å². The smallest absolute Gasteiger partial charge is 0.305 e. The molecule has 0 radical (unpaired) electrons. The highest BCUT2D eigenvalue weighted by Crippen LogP contribution is 2.20. The molecule has 1 saturated heterocycles. The lowest BCUT2D eigenvalue weighted by molar-refractivity contribution is -0.142. The van der Waals surface area contributed by atoms with Crippen molar-refractivity contribution in [3.8, 4) is 0 Å². The Morgan fingerprint density at radius 2 is 1.09 bits per heavy atom. The molecule has 0 spiro atoms. The highest BCUT2D eigenvalue weighted by molar-refractivity contribution is 5.99. The average Bonchev–Trinajstić information content (AvgIpc) is 3.66. The average molecular weight is 1200 g/mol. The van der Waals surface area contributed by atoms with Crippen molar-refractivity contribution in [3.05, 3.63) is 90.1 Å². The number of carbonyl (C=O) groups excluding carboxylic acids is 10. The van der Waals surface area contributed by atoms with Crippen molar-refractivity contribution in [2.45, 2.75) is 159 Å². The third-order valence-corrected chi connectivity index (χ3v) is 13.9. The summed E-state index contributed by atoms with van der Waals surface area (Å²) in [4.78, 5) is 164. The topological polar surface area (TPSA) is 472 Å². The van der Waals surface area contributed by atoms with E-state index in [1.165, 1.54) is 19.4 Å². The van der Waals surface area contributed by atoms with Gasteiger partial charge in [0.15, 0.2) is 0 Å². The molecule has 30 nitrogen and oxygen atoms in total. The van der Waals surface area contributed by atoms with Gasteiger partial charge in [0.2, 0.25) is 53.2 Å². The van der Waals surface area contributed by atoms with Crippen molar-refractivity contribution in [1.29, 1.82) is 0 Å². The molecule has 468 valence electrons. The van der Waals surface area contributed by atoms with Gasteiger partial charge in [0.25, 0.3) is 5.91 Å². The lowest BCUT2D eigenvalue weighted by atomic mass is 10.0. The summed E-state index contributed by atoms with van der Waals surface area (Å²) >= 11 is 0. The van der Waals surface area contributed by atoms with E-state index in [9.17, 15) is 73.2 Å². The second-order valence-corrected chi connectivity index (χ2v) is 21.5. The summed E-state index contributed by atoms with van der Waals surface area (Å²) in [5, 5.41) is 65.5. The number of nitrogens with two attached hydrogens (primary N) is 1. The molecule has 5 rings (SSSR count). The number of unbranched alkanes of at least 4 members (excludes halogenated alkanes) is 1. The van der Waals surface area contributed by atoms with Crippen molar-refractivity contribution in [2.24, 2.45) is 11.7 Å². The van der Waals surface area contributed by atoms with E-state index in [1.807, 2.05) is 0 Å². The van der Waals surface area contributed by atoms with Crippen LogP contribution in [0.25, 0.3) is 10.9 Å². The Balaban J connectivity index is 1.57. The summed E-state index contributed by atoms with van der Waals surface area (Å²) < 4.78 is 0. The van der Waals surface area contributed by atoms with Crippen LogP contribution >= 0.6 is 0 Å². The summed E-state index contributed by atoms with van der Waals surface area (Å²) in [7, 11) is 0. The largest absolute Gasteiger partial charge is 0.481 e. The zero-order valence-electron chi connectivity index (χ0n) is 48.3. The Kier molecular flexibility index (Phi) is 26.1. The molecular weight excluding hydrogens is 1120 g/mol. The molecule has 0 bridgehead atoms. The summed E-state index contributed by atoms with van der Waals surface area (Å²) in [6, 6.07) is 0.420. The minimum atomic E-state index is -1.88. The summed E-state index contributed by atoms with van der Waals surface area (Å²) in [5.74, 6) is -12.5. The van der Waals surface area contributed by atoms with Crippen molar-refractivity contribution >= 4 is 75.9 Å². The number of nitrogens with zero attached hydrogens (tertiary/aromatic N) is 1. The van der Waals surface area contributed by atoms with E-state index in [-0.39, 0.29) is 51.0 Å². The molecule has 1 fully saturated rings. The molecule has 30 heteroatoms. The molecule has 86 heavy (non-hydrogen) atoms. The summed E-state index contributed by atoms with van der Waals surface area (Å²) in [5.41, 5.74) is 12.5. The number of amides is 10. The molecular formula is C56H79N15O15. The monoisotopic (exact) mass is 1200 g/mol. The van der Waals surface area contributed by atoms with Crippen LogP contribution in [0.2, 0.25) is 0 Å². The van der Waals surface area contributed by atoms with Gasteiger partial charge in [-0.2, -0.15) is 0 Å². The van der Waals surface area contributed by atoms with Gasteiger partial charge in [0, 0.05) is 48.3 Å². The molecule has 10 amide bonds. The van der Waals surface area contributed by atoms with Crippen LogP contribution in [0.1, 0.15) is 83.5 Å².